The van der Waals surface area contributed by atoms with E-state index in [9.17, 15) is 5.11 Å². The smallest absolute Gasteiger partial charge is 0.0834 e. The van der Waals surface area contributed by atoms with Gasteiger partial charge in [0.1, 0.15) is 0 Å². The highest BCUT2D eigenvalue weighted by Gasteiger charge is 2.13. The summed E-state index contributed by atoms with van der Waals surface area (Å²) in [6.07, 6.45) is 3.31. The first-order valence-corrected chi connectivity index (χ1v) is 6.02. The number of anilines is 1. The summed E-state index contributed by atoms with van der Waals surface area (Å²) in [5.41, 5.74) is 10.7. The van der Waals surface area contributed by atoms with Crippen molar-refractivity contribution in [1.29, 1.82) is 0 Å². The van der Waals surface area contributed by atoms with E-state index in [1.54, 1.807) is 18.5 Å². The molecule has 18 heavy (non-hydrogen) atoms. The highest BCUT2D eigenvalue weighted by atomic mass is 16.3. The molecule has 0 aliphatic carbocycles. The molecule has 1 atom stereocenters. The van der Waals surface area contributed by atoms with E-state index in [1.165, 1.54) is 5.56 Å². The number of nitrogens with two attached hydrogens (primary N) is 1. The summed E-state index contributed by atoms with van der Waals surface area (Å²) >= 11 is 0. The summed E-state index contributed by atoms with van der Waals surface area (Å²) in [6.45, 7) is 4.07. The third kappa shape index (κ3) is 2.51. The van der Waals surface area contributed by atoms with Crippen molar-refractivity contribution in [1.82, 2.24) is 4.98 Å². The van der Waals surface area contributed by atoms with E-state index in [0.29, 0.717) is 12.1 Å². The van der Waals surface area contributed by atoms with Crippen molar-refractivity contribution in [2.75, 3.05) is 5.73 Å². The highest BCUT2D eigenvalue weighted by molar-refractivity contribution is 5.45. The third-order valence-electron chi connectivity index (χ3n) is 3.36. The molecular formula is C15H18N2O. The Morgan fingerprint density at radius 2 is 2.06 bits per heavy atom. The van der Waals surface area contributed by atoms with Gasteiger partial charge >= 0.3 is 0 Å². The van der Waals surface area contributed by atoms with E-state index in [4.69, 9.17) is 5.73 Å². The van der Waals surface area contributed by atoms with Crippen LogP contribution in [0.4, 0.5) is 5.69 Å². The lowest BCUT2D eigenvalue weighted by Crippen LogP contribution is -2.07. The van der Waals surface area contributed by atoms with Gasteiger partial charge in [0, 0.05) is 24.5 Å². The first-order chi connectivity index (χ1) is 8.59. The van der Waals surface area contributed by atoms with Crippen LogP contribution in [0.3, 0.4) is 0 Å². The molecule has 1 aromatic carbocycles. The van der Waals surface area contributed by atoms with Gasteiger partial charge in [0.05, 0.1) is 6.10 Å². The standard InChI is InChI=1S/C15H18N2O/c1-10-4-3-5-13(11(10)2)15(18)8-12-9-17-7-6-14(12)16/h3-7,9,15,18H,8H2,1-2H3,(H2,16,17). The molecule has 0 spiro atoms. The van der Waals surface area contributed by atoms with Gasteiger partial charge in [0.15, 0.2) is 0 Å². The molecule has 1 unspecified atom stereocenters. The van der Waals surface area contributed by atoms with E-state index in [1.807, 2.05) is 32.0 Å². The van der Waals surface area contributed by atoms with Gasteiger partial charge in [-0.3, -0.25) is 4.98 Å². The predicted molar refractivity (Wildman–Crippen MR) is 73.2 cm³/mol. The van der Waals surface area contributed by atoms with Crippen LogP contribution in [0.25, 0.3) is 0 Å². The fourth-order valence-electron chi connectivity index (χ4n) is 2.06. The first kappa shape index (κ1) is 12.6. The maximum absolute atomic E-state index is 10.3. The number of hydrogen-bond donors (Lipinski definition) is 2. The molecule has 1 aromatic heterocycles. The minimum absolute atomic E-state index is 0.490. The van der Waals surface area contributed by atoms with Crippen LogP contribution >= 0.6 is 0 Å². The number of aryl methyl sites for hydroxylation is 1. The summed E-state index contributed by atoms with van der Waals surface area (Å²) in [7, 11) is 0. The van der Waals surface area contributed by atoms with Crippen LogP contribution < -0.4 is 5.73 Å². The molecule has 1 heterocycles. The lowest BCUT2D eigenvalue weighted by Gasteiger charge is -2.16. The zero-order valence-corrected chi connectivity index (χ0v) is 10.7. The summed E-state index contributed by atoms with van der Waals surface area (Å²) in [5.74, 6) is 0. The van der Waals surface area contributed by atoms with E-state index >= 15 is 0 Å². The van der Waals surface area contributed by atoms with Gasteiger partial charge in [0.2, 0.25) is 0 Å². The quantitative estimate of drug-likeness (QED) is 0.869. The minimum atomic E-state index is -0.545. The number of nitrogens with zero attached hydrogens (tertiary/aromatic N) is 1. The van der Waals surface area contributed by atoms with Crippen LogP contribution in [-0.4, -0.2) is 10.1 Å². The summed E-state index contributed by atoms with van der Waals surface area (Å²) in [4.78, 5) is 4.04. The average molecular weight is 242 g/mol. The molecule has 0 bridgehead atoms. The second-order valence-corrected chi connectivity index (χ2v) is 4.58. The van der Waals surface area contributed by atoms with Gasteiger partial charge in [-0.15, -0.1) is 0 Å². The SMILES string of the molecule is Cc1cccc(C(O)Cc2cnccc2N)c1C. The third-order valence-corrected chi connectivity index (χ3v) is 3.36. The molecule has 3 N–H and O–H groups in total. The fourth-order valence-corrected chi connectivity index (χ4v) is 2.06. The van der Waals surface area contributed by atoms with Crippen LogP contribution in [0.15, 0.2) is 36.7 Å². The second-order valence-electron chi connectivity index (χ2n) is 4.58. The van der Waals surface area contributed by atoms with Crippen LogP contribution in [0.1, 0.15) is 28.4 Å². The molecule has 0 saturated heterocycles. The van der Waals surface area contributed by atoms with Crippen molar-refractivity contribution in [3.63, 3.8) is 0 Å². The summed E-state index contributed by atoms with van der Waals surface area (Å²) in [5, 5.41) is 10.3. The van der Waals surface area contributed by atoms with Gasteiger partial charge in [-0.1, -0.05) is 18.2 Å². The monoisotopic (exact) mass is 242 g/mol. The summed E-state index contributed by atoms with van der Waals surface area (Å²) < 4.78 is 0. The normalized spacial score (nSPS) is 12.4. The van der Waals surface area contributed by atoms with Crippen molar-refractivity contribution in [2.24, 2.45) is 0 Å². The Kier molecular flexibility index (Phi) is 3.63. The second kappa shape index (κ2) is 5.19. The Morgan fingerprint density at radius 1 is 1.28 bits per heavy atom. The molecule has 3 nitrogen and oxygen atoms in total. The largest absolute Gasteiger partial charge is 0.398 e. The molecule has 94 valence electrons. The van der Waals surface area contributed by atoms with Crippen LogP contribution in [0, 0.1) is 13.8 Å². The Labute approximate surface area is 107 Å². The van der Waals surface area contributed by atoms with Crippen molar-refractivity contribution < 1.29 is 5.11 Å². The van der Waals surface area contributed by atoms with E-state index in [2.05, 4.69) is 4.98 Å². The zero-order valence-electron chi connectivity index (χ0n) is 10.7. The molecule has 0 aliphatic rings. The number of rotatable bonds is 3. The van der Waals surface area contributed by atoms with Gasteiger partial charge in [0.25, 0.3) is 0 Å². The number of hydrogen-bond acceptors (Lipinski definition) is 3. The molecule has 2 aromatic rings. The fraction of sp³-hybridized carbons (Fsp3) is 0.267. The number of aromatic nitrogens is 1. The first-order valence-electron chi connectivity index (χ1n) is 6.02. The molecule has 0 fully saturated rings. The highest BCUT2D eigenvalue weighted by Crippen LogP contribution is 2.25. The van der Waals surface area contributed by atoms with Gasteiger partial charge in [-0.25, -0.2) is 0 Å². The minimum Gasteiger partial charge on any atom is -0.398 e. The van der Waals surface area contributed by atoms with E-state index < -0.39 is 6.10 Å². The van der Waals surface area contributed by atoms with Gasteiger partial charge in [-0.05, 0) is 42.2 Å². The summed E-state index contributed by atoms with van der Waals surface area (Å²) in [6, 6.07) is 7.72. The molecule has 0 amide bonds. The Hall–Kier alpha value is -1.87. The topological polar surface area (TPSA) is 59.1 Å². The Bertz CT molecular complexity index is 552. The molecule has 3 heteroatoms. The number of pyridine rings is 1. The van der Waals surface area contributed by atoms with E-state index in [0.717, 1.165) is 16.7 Å². The van der Waals surface area contributed by atoms with Crippen molar-refractivity contribution in [2.45, 2.75) is 26.4 Å². The van der Waals surface area contributed by atoms with Crippen molar-refractivity contribution >= 4 is 5.69 Å². The maximum Gasteiger partial charge on any atom is 0.0834 e. The zero-order chi connectivity index (χ0) is 13.1. The van der Waals surface area contributed by atoms with Crippen LogP contribution in [0.5, 0.6) is 0 Å². The average Bonchev–Trinajstić information content (AvgIpc) is 2.35. The molecule has 0 aliphatic heterocycles. The Balaban J connectivity index is 2.25. The maximum atomic E-state index is 10.3. The van der Waals surface area contributed by atoms with Crippen LogP contribution in [-0.2, 0) is 6.42 Å². The van der Waals surface area contributed by atoms with E-state index in [-0.39, 0.29) is 0 Å². The Morgan fingerprint density at radius 3 is 2.78 bits per heavy atom. The number of benzene rings is 1. The number of aliphatic hydroxyl groups excluding tert-OH is 1. The lowest BCUT2D eigenvalue weighted by molar-refractivity contribution is 0.177. The molecule has 2 rings (SSSR count). The molecular weight excluding hydrogens is 224 g/mol. The predicted octanol–water partition coefficient (Wildman–Crippen LogP) is 2.56. The number of aliphatic hydroxyl groups is 1. The van der Waals surface area contributed by atoms with Crippen molar-refractivity contribution in [3.05, 3.63) is 58.9 Å². The molecule has 0 saturated carbocycles. The van der Waals surface area contributed by atoms with Crippen LogP contribution in [0.2, 0.25) is 0 Å². The molecule has 0 radical (unpaired) electrons. The van der Waals surface area contributed by atoms with Gasteiger partial charge in [-0.2, -0.15) is 0 Å². The lowest BCUT2D eigenvalue weighted by atomic mass is 9.95. The van der Waals surface area contributed by atoms with Crippen molar-refractivity contribution in [3.8, 4) is 0 Å². The number of nitrogen functional groups attached to an aromatic ring is 1. The van der Waals surface area contributed by atoms with Gasteiger partial charge < -0.3 is 10.8 Å².